The first-order chi connectivity index (χ1) is 12.5. The Hall–Kier alpha value is -1.87. The minimum absolute atomic E-state index is 0.235. The fourth-order valence-electron chi connectivity index (χ4n) is 3.99. The molecule has 1 aromatic heterocycles. The number of hydrogen-bond donors (Lipinski definition) is 1. The summed E-state index contributed by atoms with van der Waals surface area (Å²) in [5, 5.41) is 9.33. The van der Waals surface area contributed by atoms with E-state index in [1.54, 1.807) is 6.07 Å². The van der Waals surface area contributed by atoms with Gasteiger partial charge >= 0.3 is 5.97 Å². The summed E-state index contributed by atoms with van der Waals surface area (Å²) in [5.41, 5.74) is 5.58. The predicted molar refractivity (Wildman–Crippen MR) is 116 cm³/mol. The Morgan fingerprint density at radius 2 is 1.81 bits per heavy atom. The molecule has 0 atom stereocenters. The summed E-state index contributed by atoms with van der Waals surface area (Å²) in [4.78, 5) is 14.2. The van der Waals surface area contributed by atoms with Crippen LogP contribution in [0, 0.1) is 0 Å². The highest BCUT2D eigenvalue weighted by atomic mass is 32.1. The number of fused-ring (bicyclic) bond motifs is 1. The summed E-state index contributed by atoms with van der Waals surface area (Å²) in [5.74, 6) is -0.852. The SMILES string of the molecule is CCc1cc(C=C(C)c2cc3c(s2)C(C)(C)CCC3(C)C)ccc1C(=O)O. The maximum absolute atomic E-state index is 11.4. The van der Waals surface area contributed by atoms with E-state index in [0.717, 1.165) is 17.5 Å². The molecule has 1 aliphatic rings. The summed E-state index contributed by atoms with van der Waals surface area (Å²) in [7, 11) is 0. The van der Waals surface area contributed by atoms with Crippen LogP contribution in [0.1, 0.15) is 91.2 Å². The summed E-state index contributed by atoms with van der Waals surface area (Å²) < 4.78 is 0. The van der Waals surface area contributed by atoms with Crippen LogP contribution in [-0.2, 0) is 17.3 Å². The van der Waals surface area contributed by atoms with Crippen LogP contribution in [0.15, 0.2) is 24.3 Å². The maximum Gasteiger partial charge on any atom is 0.335 e. The van der Waals surface area contributed by atoms with Crippen LogP contribution in [-0.4, -0.2) is 11.1 Å². The number of aryl methyl sites for hydroxylation is 1. The van der Waals surface area contributed by atoms with Crippen LogP contribution in [0.5, 0.6) is 0 Å². The zero-order valence-corrected chi connectivity index (χ0v) is 18.1. The van der Waals surface area contributed by atoms with Crippen molar-refractivity contribution in [1.82, 2.24) is 0 Å². The Morgan fingerprint density at radius 3 is 2.41 bits per heavy atom. The van der Waals surface area contributed by atoms with E-state index in [-0.39, 0.29) is 10.8 Å². The van der Waals surface area contributed by atoms with Crippen LogP contribution in [0.2, 0.25) is 0 Å². The van der Waals surface area contributed by atoms with Crippen LogP contribution in [0.25, 0.3) is 11.6 Å². The molecule has 0 aliphatic heterocycles. The molecule has 144 valence electrons. The quantitative estimate of drug-likeness (QED) is 0.623. The molecule has 0 amide bonds. The number of benzene rings is 1. The number of thiophene rings is 1. The van der Waals surface area contributed by atoms with Crippen LogP contribution in [0.3, 0.4) is 0 Å². The van der Waals surface area contributed by atoms with Gasteiger partial charge in [0, 0.05) is 9.75 Å². The van der Waals surface area contributed by atoms with E-state index in [0.29, 0.717) is 5.56 Å². The van der Waals surface area contributed by atoms with E-state index in [9.17, 15) is 9.90 Å². The minimum Gasteiger partial charge on any atom is -0.478 e. The van der Waals surface area contributed by atoms with Gasteiger partial charge in [-0.1, -0.05) is 52.8 Å². The molecular weight excluding hydrogens is 352 g/mol. The Morgan fingerprint density at radius 1 is 1.15 bits per heavy atom. The average molecular weight is 383 g/mol. The Balaban J connectivity index is 2.01. The topological polar surface area (TPSA) is 37.3 Å². The van der Waals surface area contributed by atoms with Crippen molar-refractivity contribution in [2.24, 2.45) is 0 Å². The lowest BCUT2D eigenvalue weighted by molar-refractivity contribution is 0.0695. The first-order valence-corrected chi connectivity index (χ1v) is 10.6. The van der Waals surface area contributed by atoms with Gasteiger partial charge in [-0.05, 0) is 71.4 Å². The molecule has 2 aromatic rings. The molecule has 0 unspecified atom stereocenters. The predicted octanol–water partition coefficient (Wildman–Crippen LogP) is 6.92. The van der Waals surface area contributed by atoms with Crippen molar-refractivity contribution in [3.63, 3.8) is 0 Å². The molecule has 0 spiro atoms. The highest BCUT2D eigenvalue weighted by molar-refractivity contribution is 7.13. The van der Waals surface area contributed by atoms with Gasteiger partial charge in [0.2, 0.25) is 0 Å². The standard InChI is InChI=1S/C24H30O2S/c1-7-17-13-16(8-9-18(17)22(25)26)12-15(2)20-14-19-21(27-20)24(5,6)11-10-23(19,3)4/h8-9,12-14H,7,10-11H2,1-6H3,(H,25,26). The zero-order chi connectivity index (χ0) is 20.0. The van der Waals surface area contributed by atoms with Crippen molar-refractivity contribution in [1.29, 1.82) is 0 Å². The number of aromatic carboxylic acids is 1. The van der Waals surface area contributed by atoms with Crippen LogP contribution < -0.4 is 0 Å². The fraction of sp³-hybridized carbons (Fsp3) is 0.458. The molecule has 1 aliphatic carbocycles. The normalized spacial score (nSPS) is 18.2. The first-order valence-electron chi connectivity index (χ1n) is 9.75. The van der Waals surface area contributed by atoms with Crippen LogP contribution >= 0.6 is 11.3 Å². The lowest BCUT2D eigenvalue weighted by Gasteiger charge is -2.39. The highest BCUT2D eigenvalue weighted by Crippen LogP contribution is 2.50. The Bertz CT molecular complexity index is 879. The third-order valence-corrected chi connectivity index (χ3v) is 7.60. The monoisotopic (exact) mass is 382 g/mol. The number of allylic oxidation sites excluding steroid dienone is 1. The number of rotatable bonds is 4. The van der Waals surface area contributed by atoms with Crippen molar-refractivity contribution in [2.45, 2.75) is 71.6 Å². The van der Waals surface area contributed by atoms with Gasteiger partial charge in [0.1, 0.15) is 0 Å². The molecular formula is C24H30O2S. The third kappa shape index (κ3) is 3.75. The number of carbonyl (C=O) groups is 1. The Kier molecular flexibility index (Phi) is 5.11. The van der Waals surface area contributed by atoms with E-state index in [2.05, 4.69) is 46.8 Å². The molecule has 0 saturated carbocycles. The lowest BCUT2D eigenvalue weighted by atomic mass is 9.67. The van der Waals surface area contributed by atoms with E-state index >= 15 is 0 Å². The molecule has 2 nitrogen and oxygen atoms in total. The molecule has 1 aromatic carbocycles. The van der Waals surface area contributed by atoms with Gasteiger partial charge in [-0.25, -0.2) is 4.79 Å². The summed E-state index contributed by atoms with van der Waals surface area (Å²) >= 11 is 1.93. The smallest absolute Gasteiger partial charge is 0.335 e. The van der Waals surface area contributed by atoms with Crippen molar-refractivity contribution in [2.75, 3.05) is 0 Å². The van der Waals surface area contributed by atoms with Crippen molar-refractivity contribution in [3.05, 3.63) is 56.3 Å². The summed E-state index contributed by atoms with van der Waals surface area (Å²) in [6.45, 7) is 13.6. The van der Waals surface area contributed by atoms with Gasteiger partial charge in [0.15, 0.2) is 0 Å². The molecule has 27 heavy (non-hydrogen) atoms. The van der Waals surface area contributed by atoms with E-state index in [1.165, 1.54) is 33.7 Å². The second kappa shape index (κ2) is 6.94. The second-order valence-electron chi connectivity index (χ2n) is 9.02. The zero-order valence-electron chi connectivity index (χ0n) is 17.3. The lowest BCUT2D eigenvalue weighted by Crippen LogP contribution is -2.31. The number of hydrogen-bond acceptors (Lipinski definition) is 2. The van der Waals surface area contributed by atoms with Crippen LogP contribution in [0.4, 0.5) is 0 Å². The second-order valence-corrected chi connectivity index (χ2v) is 10.1. The van der Waals surface area contributed by atoms with Gasteiger partial charge < -0.3 is 5.11 Å². The molecule has 1 N–H and O–H groups in total. The van der Waals surface area contributed by atoms with E-state index < -0.39 is 5.97 Å². The van der Waals surface area contributed by atoms with E-state index in [4.69, 9.17) is 0 Å². The molecule has 0 bridgehead atoms. The third-order valence-electron chi connectivity index (χ3n) is 5.96. The summed E-state index contributed by atoms with van der Waals surface area (Å²) in [6.07, 6.45) is 5.36. The van der Waals surface area contributed by atoms with Crippen molar-refractivity contribution >= 4 is 29.0 Å². The molecule has 3 heteroatoms. The summed E-state index contributed by atoms with van der Waals surface area (Å²) in [6, 6.07) is 8.03. The fourth-order valence-corrected chi connectivity index (χ4v) is 5.43. The van der Waals surface area contributed by atoms with Crippen molar-refractivity contribution in [3.8, 4) is 0 Å². The maximum atomic E-state index is 11.4. The average Bonchev–Trinajstić information content (AvgIpc) is 3.07. The van der Waals surface area contributed by atoms with Gasteiger partial charge in [-0.2, -0.15) is 0 Å². The molecule has 0 fully saturated rings. The first kappa shape index (κ1) is 19.9. The molecule has 1 heterocycles. The Labute approximate surface area is 166 Å². The van der Waals surface area contributed by atoms with Gasteiger partial charge in [0.25, 0.3) is 0 Å². The van der Waals surface area contributed by atoms with Gasteiger partial charge in [-0.3, -0.25) is 0 Å². The highest BCUT2D eigenvalue weighted by Gasteiger charge is 2.38. The molecule has 0 radical (unpaired) electrons. The van der Waals surface area contributed by atoms with E-state index in [1.807, 2.05) is 30.4 Å². The largest absolute Gasteiger partial charge is 0.478 e. The van der Waals surface area contributed by atoms with Gasteiger partial charge in [0.05, 0.1) is 5.56 Å². The van der Waals surface area contributed by atoms with Gasteiger partial charge in [-0.15, -0.1) is 11.3 Å². The molecule has 3 rings (SSSR count). The van der Waals surface area contributed by atoms with Crippen molar-refractivity contribution < 1.29 is 9.90 Å². The minimum atomic E-state index is -0.852. The number of carboxylic acids is 1. The number of carboxylic acid groups (broad SMARTS) is 1. The molecule has 0 saturated heterocycles.